The third-order valence-corrected chi connectivity index (χ3v) is 1.72. The van der Waals surface area contributed by atoms with Gasteiger partial charge in [0.25, 0.3) is 0 Å². The zero-order valence-corrected chi connectivity index (χ0v) is 9.56. The average Bonchev–Trinajstić information content (AvgIpc) is 2.16. The van der Waals surface area contributed by atoms with Crippen LogP contribution in [0, 0.1) is 11.3 Å². The first kappa shape index (κ1) is 14.4. The van der Waals surface area contributed by atoms with Crippen LogP contribution in [-0.4, -0.2) is 49.7 Å². The molecule has 0 aliphatic carbocycles. The first-order valence-electron chi connectivity index (χ1n) is 4.92. The number of carbonyl (C=O) groups is 2. The van der Waals surface area contributed by atoms with Crippen LogP contribution in [0.1, 0.15) is 13.8 Å². The van der Waals surface area contributed by atoms with E-state index < -0.39 is 0 Å². The van der Waals surface area contributed by atoms with Crippen molar-refractivity contribution in [2.24, 2.45) is 0 Å². The standard InChI is InChI=1S/C10H16N2O4/c1-9(13)15-7-5-12(4-3-11)6-8-16-10(2)14/h4-8H2,1-2H3. The van der Waals surface area contributed by atoms with E-state index in [0.717, 1.165) is 0 Å². The first-order chi connectivity index (χ1) is 7.56. The number of hydrogen-bond donors (Lipinski definition) is 0. The largest absolute Gasteiger partial charge is 0.465 e. The first-order valence-corrected chi connectivity index (χ1v) is 4.92. The maximum absolute atomic E-state index is 10.5. The normalized spacial score (nSPS) is 9.62. The Kier molecular flexibility index (Phi) is 7.81. The molecule has 0 aliphatic heterocycles. The van der Waals surface area contributed by atoms with Crippen molar-refractivity contribution in [3.8, 4) is 6.07 Å². The lowest BCUT2D eigenvalue weighted by atomic mass is 10.4. The number of rotatable bonds is 7. The fraction of sp³-hybridized carbons (Fsp3) is 0.700. The van der Waals surface area contributed by atoms with Crippen molar-refractivity contribution in [1.29, 1.82) is 5.26 Å². The summed E-state index contributed by atoms with van der Waals surface area (Å²) in [4.78, 5) is 22.8. The van der Waals surface area contributed by atoms with E-state index in [9.17, 15) is 9.59 Å². The molecule has 6 nitrogen and oxygen atoms in total. The summed E-state index contributed by atoms with van der Waals surface area (Å²) in [5.41, 5.74) is 0. The molecule has 0 aliphatic rings. The average molecular weight is 228 g/mol. The molecule has 0 spiro atoms. The minimum Gasteiger partial charge on any atom is -0.465 e. The van der Waals surface area contributed by atoms with Crippen LogP contribution < -0.4 is 0 Å². The second kappa shape index (κ2) is 8.68. The van der Waals surface area contributed by atoms with Crippen molar-refractivity contribution < 1.29 is 19.1 Å². The van der Waals surface area contributed by atoms with Crippen molar-refractivity contribution >= 4 is 11.9 Å². The highest BCUT2D eigenvalue weighted by atomic mass is 16.5. The van der Waals surface area contributed by atoms with Crippen LogP contribution in [0.2, 0.25) is 0 Å². The summed E-state index contributed by atoms with van der Waals surface area (Å²) in [5.74, 6) is -0.700. The molecule has 0 aromatic heterocycles. The van der Waals surface area contributed by atoms with Gasteiger partial charge in [0.05, 0.1) is 12.6 Å². The Bertz CT molecular complexity index is 252. The molecule has 0 aromatic carbocycles. The van der Waals surface area contributed by atoms with Crippen LogP contribution in [0.15, 0.2) is 0 Å². The van der Waals surface area contributed by atoms with Gasteiger partial charge >= 0.3 is 11.9 Å². The fourth-order valence-corrected chi connectivity index (χ4v) is 1.01. The highest BCUT2D eigenvalue weighted by Gasteiger charge is 2.05. The fourth-order valence-electron chi connectivity index (χ4n) is 1.01. The maximum atomic E-state index is 10.5. The predicted octanol–water partition coefficient (Wildman–Crippen LogP) is -0.0618. The van der Waals surface area contributed by atoms with Crippen LogP contribution in [0.25, 0.3) is 0 Å². The van der Waals surface area contributed by atoms with Crippen molar-refractivity contribution in [2.45, 2.75) is 13.8 Å². The van der Waals surface area contributed by atoms with Crippen molar-refractivity contribution in [3.63, 3.8) is 0 Å². The summed E-state index contributed by atoms with van der Waals surface area (Å²) in [6.07, 6.45) is 0. The monoisotopic (exact) mass is 228 g/mol. The van der Waals surface area contributed by atoms with E-state index in [1.165, 1.54) is 13.8 Å². The van der Waals surface area contributed by atoms with Gasteiger partial charge in [-0.25, -0.2) is 0 Å². The Morgan fingerprint density at radius 1 is 1.12 bits per heavy atom. The zero-order valence-electron chi connectivity index (χ0n) is 9.56. The highest BCUT2D eigenvalue weighted by Crippen LogP contribution is 1.90. The van der Waals surface area contributed by atoms with Gasteiger partial charge in [0.2, 0.25) is 0 Å². The van der Waals surface area contributed by atoms with Crippen molar-refractivity contribution in [1.82, 2.24) is 4.90 Å². The molecule has 0 bridgehead atoms. The molecule has 16 heavy (non-hydrogen) atoms. The number of nitriles is 1. The quantitative estimate of drug-likeness (QED) is 0.448. The summed E-state index contributed by atoms with van der Waals surface area (Å²) < 4.78 is 9.50. The Morgan fingerprint density at radius 3 is 1.88 bits per heavy atom. The van der Waals surface area contributed by atoms with Gasteiger partial charge in [-0.2, -0.15) is 5.26 Å². The van der Waals surface area contributed by atoms with E-state index in [0.29, 0.717) is 13.1 Å². The van der Waals surface area contributed by atoms with Crippen LogP contribution in [-0.2, 0) is 19.1 Å². The van der Waals surface area contributed by atoms with Gasteiger partial charge < -0.3 is 9.47 Å². The Labute approximate surface area is 94.7 Å². The number of hydrogen-bond acceptors (Lipinski definition) is 6. The molecule has 0 unspecified atom stereocenters. The van der Waals surface area contributed by atoms with Crippen molar-refractivity contribution in [3.05, 3.63) is 0 Å². The molecule has 6 heteroatoms. The molecule has 0 amide bonds. The molecule has 0 saturated carbocycles. The lowest BCUT2D eigenvalue weighted by Gasteiger charge is -2.18. The van der Waals surface area contributed by atoms with Gasteiger partial charge in [0.1, 0.15) is 13.2 Å². The number of esters is 2. The van der Waals surface area contributed by atoms with E-state index in [1.54, 1.807) is 4.90 Å². The Morgan fingerprint density at radius 2 is 1.56 bits per heavy atom. The summed E-state index contributed by atoms with van der Waals surface area (Å²) in [6.45, 7) is 4.24. The van der Waals surface area contributed by atoms with E-state index in [-0.39, 0.29) is 31.7 Å². The van der Waals surface area contributed by atoms with Crippen LogP contribution >= 0.6 is 0 Å². The van der Waals surface area contributed by atoms with Gasteiger partial charge in [0.15, 0.2) is 0 Å². The predicted molar refractivity (Wildman–Crippen MR) is 55.3 cm³/mol. The molecular weight excluding hydrogens is 212 g/mol. The molecule has 0 heterocycles. The summed E-state index contributed by atoms with van der Waals surface area (Å²) in [6, 6.07) is 1.99. The van der Waals surface area contributed by atoms with E-state index in [1.807, 2.05) is 6.07 Å². The molecule has 90 valence electrons. The van der Waals surface area contributed by atoms with Gasteiger partial charge in [0, 0.05) is 26.9 Å². The second-order valence-corrected chi connectivity index (χ2v) is 3.11. The summed E-state index contributed by atoms with van der Waals surface area (Å²) in [7, 11) is 0. The zero-order chi connectivity index (χ0) is 12.4. The molecule has 0 fully saturated rings. The topological polar surface area (TPSA) is 79.6 Å². The van der Waals surface area contributed by atoms with Crippen molar-refractivity contribution in [2.75, 3.05) is 32.8 Å². The molecular formula is C10H16N2O4. The van der Waals surface area contributed by atoms with Crippen LogP contribution in [0.4, 0.5) is 0 Å². The smallest absolute Gasteiger partial charge is 0.302 e. The highest BCUT2D eigenvalue weighted by molar-refractivity contribution is 5.66. The summed E-state index contributed by atoms with van der Waals surface area (Å²) >= 11 is 0. The lowest BCUT2D eigenvalue weighted by molar-refractivity contribution is -0.141. The van der Waals surface area contributed by atoms with Gasteiger partial charge in [-0.05, 0) is 0 Å². The molecule has 0 rings (SSSR count). The van der Waals surface area contributed by atoms with E-state index in [4.69, 9.17) is 14.7 Å². The van der Waals surface area contributed by atoms with Gasteiger partial charge in [-0.1, -0.05) is 0 Å². The molecule has 0 atom stereocenters. The SMILES string of the molecule is CC(=O)OCCN(CC#N)CCOC(C)=O. The number of ether oxygens (including phenoxy) is 2. The Hall–Kier alpha value is -1.61. The van der Waals surface area contributed by atoms with Crippen LogP contribution in [0.5, 0.6) is 0 Å². The third kappa shape index (κ3) is 8.97. The second-order valence-electron chi connectivity index (χ2n) is 3.11. The Balaban J connectivity index is 3.75. The number of nitrogens with zero attached hydrogens (tertiary/aromatic N) is 2. The minimum atomic E-state index is -0.350. The lowest BCUT2D eigenvalue weighted by Crippen LogP contribution is -2.32. The molecule has 0 aromatic rings. The van der Waals surface area contributed by atoms with Crippen LogP contribution in [0.3, 0.4) is 0 Å². The minimum absolute atomic E-state index is 0.211. The number of carbonyl (C=O) groups excluding carboxylic acids is 2. The molecule has 0 N–H and O–H groups in total. The van der Waals surface area contributed by atoms with Gasteiger partial charge in [-0.15, -0.1) is 0 Å². The third-order valence-electron chi connectivity index (χ3n) is 1.72. The van der Waals surface area contributed by atoms with E-state index in [2.05, 4.69) is 0 Å². The summed E-state index contributed by atoms with van der Waals surface area (Å²) in [5, 5.41) is 8.55. The van der Waals surface area contributed by atoms with E-state index >= 15 is 0 Å². The molecule has 0 radical (unpaired) electrons. The maximum Gasteiger partial charge on any atom is 0.302 e. The molecule has 0 saturated heterocycles. The van der Waals surface area contributed by atoms with Gasteiger partial charge in [-0.3, -0.25) is 14.5 Å².